The highest BCUT2D eigenvalue weighted by molar-refractivity contribution is 7.92. The molecule has 7 nitrogen and oxygen atoms in total. The first kappa shape index (κ1) is 19.0. The maximum absolute atomic E-state index is 13.7. The fraction of sp³-hybridized carbons (Fsp3) is 0.125. The second kappa shape index (κ2) is 7.08. The number of aromatic nitrogens is 1. The van der Waals surface area contributed by atoms with Crippen LogP contribution in [0.1, 0.15) is 15.5 Å². The molecule has 0 unspecified atom stereocenters. The fourth-order valence-corrected chi connectivity index (χ4v) is 4.18. The molecule has 0 aliphatic carbocycles. The summed E-state index contributed by atoms with van der Waals surface area (Å²) in [6.45, 7) is 3.00. The molecular formula is C16H17F2N3O4S2. The molecule has 11 heteroatoms. The molecule has 1 aromatic carbocycles. The summed E-state index contributed by atoms with van der Waals surface area (Å²) >= 11 is 1.10. The lowest BCUT2D eigenvalue weighted by Gasteiger charge is -2.07. The van der Waals surface area contributed by atoms with Crippen molar-refractivity contribution in [1.29, 1.82) is 0 Å². The summed E-state index contributed by atoms with van der Waals surface area (Å²) in [5, 5.41) is 2.35. The minimum absolute atomic E-state index is 0. The first-order valence-electron chi connectivity index (χ1n) is 7.49. The van der Waals surface area contributed by atoms with E-state index in [-0.39, 0.29) is 14.5 Å². The van der Waals surface area contributed by atoms with Crippen molar-refractivity contribution in [3.63, 3.8) is 0 Å². The third-order valence-corrected chi connectivity index (χ3v) is 5.66. The van der Waals surface area contributed by atoms with E-state index in [4.69, 9.17) is 4.42 Å². The van der Waals surface area contributed by atoms with Crippen LogP contribution in [0.25, 0.3) is 10.6 Å². The molecule has 0 saturated heterocycles. The number of halogens is 2. The van der Waals surface area contributed by atoms with Gasteiger partial charge in [0.05, 0.1) is 10.6 Å². The molecule has 2 heterocycles. The van der Waals surface area contributed by atoms with E-state index in [1.54, 1.807) is 6.92 Å². The number of nitrogens with one attached hydrogen (secondary N) is 2. The molecule has 0 aliphatic rings. The molecule has 146 valence electrons. The summed E-state index contributed by atoms with van der Waals surface area (Å²) in [6.07, 6.45) is 0. The molecule has 2 aromatic heterocycles. The third-order valence-electron chi connectivity index (χ3n) is 3.35. The highest BCUT2D eigenvalue weighted by Crippen LogP contribution is 2.35. The van der Waals surface area contributed by atoms with Crippen LogP contribution in [0, 0.1) is 18.6 Å². The van der Waals surface area contributed by atoms with E-state index in [2.05, 4.69) is 10.3 Å². The molecule has 3 aromatic rings. The van der Waals surface area contributed by atoms with E-state index >= 15 is 0 Å². The Morgan fingerprint density at radius 3 is 2.52 bits per heavy atom. The molecule has 0 fully saturated rings. The smallest absolute Gasteiger partial charge is 0.295 e. The molecule has 0 aliphatic heterocycles. The van der Waals surface area contributed by atoms with Crippen LogP contribution in [0.15, 0.2) is 39.8 Å². The number of carbonyl (C=O) groups excluding carboxylic acids is 1. The molecule has 0 saturated carbocycles. The molecule has 0 bridgehead atoms. The van der Waals surface area contributed by atoms with Crippen LogP contribution in [-0.2, 0) is 14.8 Å². The van der Waals surface area contributed by atoms with Crippen molar-refractivity contribution in [2.24, 2.45) is 0 Å². The van der Waals surface area contributed by atoms with Crippen LogP contribution in [0.4, 0.5) is 19.6 Å². The number of carbonyl (C=O) groups is 1. The Kier molecular flexibility index (Phi) is 4.98. The van der Waals surface area contributed by atoms with Crippen molar-refractivity contribution in [2.75, 3.05) is 10.0 Å². The van der Waals surface area contributed by atoms with Crippen molar-refractivity contribution in [3.05, 3.63) is 47.7 Å². The van der Waals surface area contributed by atoms with Gasteiger partial charge >= 0.3 is 0 Å². The van der Waals surface area contributed by atoms with Gasteiger partial charge in [-0.25, -0.2) is 13.8 Å². The van der Waals surface area contributed by atoms with Crippen LogP contribution in [-0.4, -0.2) is 19.3 Å². The van der Waals surface area contributed by atoms with Gasteiger partial charge in [-0.1, -0.05) is 17.4 Å². The Balaban J connectivity index is 0.00000210. The molecule has 0 spiro atoms. The molecule has 0 radical (unpaired) electrons. The maximum Gasteiger partial charge on any atom is 0.295 e. The molecule has 3 rings (SSSR count). The summed E-state index contributed by atoms with van der Waals surface area (Å²) in [5.41, 5.74) is -0.271. The van der Waals surface area contributed by atoms with E-state index < -0.39 is 32.4 Å². The lowest BCUT2D eigenvalue weighted by atomic mass is 10.3. The fourth-order valence-electron chi connectivity index (χ4n) is 2.20. The van der Waals surface area contributed by atoms with Crippen molar-refractivity contribution in [1.82, 2.24) is 4.98 Å². The number of thiazole rings is 1. The van der Waals surface area contributed by atoms with Gasteiger partial charge in [-0.05, 0) is 31.2 Å². The maximum atomic E-state index is 13.7. The van der Waals surface area contributed by atoms with Crippen molar-refractivity contribution in [2.45, 2.75) is 18.9 Å². The summed E-state index contributed by atoms with van der Waals surface area (Å²) in [6, 6.07) is 5.53. The van der Waals surface area contributed by atoms with Gasteiger partial charge in [0.15, 0.2) is 5.13 Å². The minimum Gasteiger partial charge on any atom is -0.442 e. The Morgan fingerprint density at radius 1 is 1.22 bits per heavy atom. The number of benzene rings is 1. The standard InChI is InChI=1S/C16H13F2N3O4S2.2H2/c1-8-15(26-16(19-8)20-9(2)22)12-6-7-13(25-12)27(23,24)21-14-10(17)4-3-5-11(14)18;;/h3-7,21H,1-2H3,(H,19,20,22);2*1H. The Bertz CT molecular complexity index is 1110. The number of hydrogen-bond acceptors (Lipinski definition) is 6. The van der Waals surface area contributed by atoms with E-state index in [9.17, 15) is 22.0 Å². The topological polar surface area (TPSA) is 101 Å². The Hall–Kier alpha value is -2.79. The predicted molar refractivity (Wildman–Crippen MR) is 100 cm³/mol. The lowest BCUT2D eigenvalue weighted by molar-refractivity contribution is -0.114. The third kappa shape index (κ3) is 3.98. The molecule has 2 N–H and O–H groups in total. The largest absolute Gasteiger partial charge is 0.442 e. The first-order chi connectivity index (χ1) is 12.7. The van der Waals surface area contributed by atoms with Crippen molar-refractivity contribution < 1.29 is 29.3 Å². The number of furan rings is 1. The number of nitrogens with zero attached hydrogens (tertiary/aromatic N) is 1. The van der Waals surface area contributed by atoms with Gasteiger partial charge in [-0.2, -0.15) is 8.42 Å². The summed E-state index contributed by atoms with van der Waals surface area (Å²) in [4.78, 5) is 15.8. The van der Waals surface area contributed by atoms with E-state index in [0.717, 1.165) is 35.6 Å². The van der Waals surface area contributed by atoms with Crippen molar-refractivity contribution in [3.8, 4) is 10.6 Å². The number of anilines is 2. The van der Waals surface area contributed by atoms with Gasteiger partial charge in [0.1, 0.15) is 23.1 Å². The monoisotopic (exact) mass is 417 g/mol. The summed E-state index contributed by atoms with van der Waals surface area (Å²) in [5.74, 6) is -2.21. The summed E-state index contributed by atoms with van der Waals surface area (Å²) < 4.78 is 59.3. The number of sulfonamides is 1. The van der Waals surface area contributed by atoms with E-state index in [1.807, 2.05) is 4.72 Å². The second-order valence-electron chi connectivity index (χ2n) is 5.44. The lowest BCUT2D eigenvalue weighted by Crippen LogP contribution is -2.14. The van der Waals surface area contributed by atoms with Gasteiger partial charge in [0, 0.05) is 9.78 Å². The summed E-state index contributed by atoms with van der Waals surface area (Å²) in [7, 11) is -4.35. The first-order valence-corrected chi connectivity index (χ1v) is 9.79. The molecule has 27 heavy (non-hydrogen) atoms. The van der Waals surface area contributed by atoms with E-state index in [0.29, 0.717) is 15.7 Å². The molecular weight excluding hydrogens is 400 g/mol. The van der Waals surface area contributed by atoms with Crippen LogP contribution < -0.4 is 10.0 Å². The highest BCUT2D eigenvalue weighted by atomic mass is 32.2. The van der Waals surface area contributed by atoms with Gasteiger partial charge in [0.25, 0.3) is 10.0 Å². The highest BCUT2D eigenvalue weighted by Gasteiger charge is 2.24. The van der Waals surface area contributed by atoms with Crippen molar-refractivity contribution >= 4 is 38.1 Å². The molecule has 0 atom stereocenters. The zero-order chi connectivity index (χ0) is 19.8. The number of para-hydroxylation sites is 1. The van der Waals surface area contributed by atoms with E-state index in [1.165, 1.54) is 13.0 Å². The minimum atomic E-state index is -4.35. The normalized spacial score (nSPS) is 11.4. The predicted octanol–water partition coefficient (Wildman–Crippen LogP) is 4.24. The average molecular weight is 417 g/mol. The zero-order valence-electron chi connectivity index (χ0n) is 14.0. The SMILES string of the molecule is CC(=O)Nc1nc(C)c(-c2ccc(S(=O)(=O)Nc3c(F)cccc3F)o2)s1.[HH].[HH]. The van der Waals surface area contributed by atoms with Gasteiger partial charge < -0.3 is 9.73 Å². The quantitative estimate of drug-likeness (QED) is 0.647. The number of amides is 1. The van der Waals surface area contributed by atoms with Gasteiger partial charge in [-0.15, -0.1) is 0 Å². The van der Waals surface area contributed by atoms with Crippen LogP contribution in [0.3, 0.4) is 0 Å². The molecule has 1 amide bonds. The number of aryl methyl sites for hydroxylation is 1. The van der Waals surface area contributed by atoms with Crippen LogP contribution in [0.2, 0.25) is 0 Å². The average Bonchev–Trinajstić information content (AvgIpc) is 3.18. The number of hydrogen-bond donors (Lipinski definition) is 2. The van der Waals surface area contributed by atoms with Gasteiger partial charge in [-0.3, -0.25) is 9.52 Å². The zero-order valence-corrected chi connectivity index (χ0v) is 15.7. The van der Waals surface area contributed by atoms with Crippen LogP contribution >= 0.6 is 11.3 Å². The van der Waals surface area contributed by atoms with Gasteiger partial charge in [0.2, 0.25) is 11.0 Å². The Morgan fingerprint density at radius 2 is 1.89 bits per heavy atom. The Labute approximate surface area is 160 Å². The number of rotatable bonds is 5. The van der Waals surface area contributed by atoms with Crippen LogP contribution in [0.5, 0.6) is 0 Å². The second-order valence-corrected chi connectivity index (χ2v) is 8.05.